The third-order valence-electron chi connectivity index (χ3n) is 5.41. The number of anilines is 1. The second-order valence-electron chi connectivity index (χ2n) is 7.51. The van der Waals surface area contributed by atoms with Crippen LogP contribution in [-0.4, -0.2) is 27.0 Å². The molecule has 1 aliphatic carbocycles. The number of fused-ring (bicyclic) bond motifs is 1. The zero-order valence-corrected chi connectivity index (χ0v) is 16.4. The molecule has 4 aromatic heterocycles. The molecular weight excluding hydrogens is 362 g/mol. The number of nitrogens with zero attached hydrogens (tertiary/aromatic N) is 3. The molecule has 0 spiro atoms. The predicted octanol–water partition coefficient (Wildman–Crippen LogP) is 4.44. The Morgan fingerprint density at radius 3 is 2.83 bits per heavy atom. The summed E-state index contributed by atoms with van der Waals surface area (Å²) in [6, 6.07) is 10.3. The Bertz CT molecular complexity index is 1130. The molecule has 2 N–H and O–H groups in total. The number of methoxy groups -OCH3 is 1. The number of pyridine rings is 3. The fraction of sp³-hybridized carbons (Fsp3) is 0.261. The molecule has 4 heterocycles. The summed E-state index contributed by atoms with van der Waals surface area (Å²) in [4.78, 5) is 16.7. The Kier molecular flexibility index (Phi) is 4.60. The van der Waals surface area contributed by atoms with Crippen LogP contribution in [0.5, 0.6) is 5.88 Å². The second kappa shape index (κ2) is 7.54. The van der Waals surface area contributed by atoms with Crippen LogP contribution >= 0.6 is 0 Å². The van der Waals surface area contributed by atoms with E-state index in [0.29, 0.717) is 18.3 Å². The van der Waals surface area contributed by atoms with Crippen molar-refractivity contribution in [3.63, 3.8) is 0 Å². The minimum atomic E-state index is 0.613. The van der Waals surface area contributed by atoms with Gasteiger partial charge in [0.25, 0.3) is 0 Å². The van der Waals surface area contributed by atoms with Crippen molar-refractivity contribution in [3.05, 3.63) is 77.4 Å². The van der Waals surface area contributed by atoms with E-state index >= 15 is 0 Å². The van der Waals surface area contributed by atoms with Crippen LogP contribution < -0.4 is 10.1 Å². The van der Waals surface area contributed by atoms with Crippen molar-refractivity contribution in [2.45, 2.75) is 31.7 Å². The summed E-state index contributed by atoms with van der Waals surface area (Å²) >= 11 is 0. The van der Waals surface area contributed by atoms with E-state index < -0.39 is 0 Å². The molecule has 0 unspecified atom stereocenters. The average Bonchev–Trinajstić information content (AvgIpc) is 3.55. The van der Waals surface area contributed by atoms with Gasteiger partial charge in [0.1, 0.15) is 11.5 Å². The van der Waals surface area contributed by atoms with Gasteiger partial charge in [-0.1, -0.05) is 12.1 Å². The molecule has 0 aliphatic heterocycles. The van der Waals surface area contributed by atoms with Gasteiger partial charge in [-0.3, -0.25) is 0 Å². The van der Waals surface area contributed by atoms with E-state index in [2.05, 4.69) is 43.6 Å². The minimum absolute atomic E-state index is 0.613. The molecule has 4 aromatic rings. The highest BCUT2D eigenvalue weighted by Gasteiger charge is 2.24. The zero-order valence-electron chi connectivity index (χ0n) is 16.4. The first-order valence-electron chi connectivity index (χ1n) is 9.93. The smallest absolute Gasteiger partial charge is 0.218 e. The number of H-pyrrole nitrogens is 1. The van der Waals surface area contributed by atoms with E-state index in [1.165, 1.54) is 34.9 Å². The number of aromatic nitrogens is 4. The fourth-order valence-electron chi connectivity index (χ4n) is 3.64. The van der Waals surface area contributed by atoms with Crippen LogP contribution in [0, 0.1) is 0 Å². The molecule has 6 heteroatoms. The number of aromatic amines is 1. The maximum absolute atomic E-state index is 5.29. The molecule has 0 amide bonds. The molecule has 1 saturated carbocycles. The molecule has 0 radical (unpaired) electrons. The van der Waals surface area contributed by atoms with Gasteiger partial charge >= 0.3 is 0 Å². The van der Waals surface area contributed by atoms with Gasteiger partial charge in [0, 0.05) is 48.7 Å². The lowest BCUT2D eigenvalue weighted by atomic mass is 10.0. The first kappa shape index (κ1) is 17.7. The van der Waals surface area contributed by atoms with Gasteiger partial charge in [0.2, 0.25) is 5.88 Å². The largest absolute Gasteiger partial charge is 0.481 e. The van der Waals surface area contributed by atoms with Crippen LogP contribution in [0.2, 0.25) is 0 Å². The normalized spacial score (nSPS) is 13.6. The summed E-state index contributed by atoms with van der Waals surface area (Å²) in [6.07, 6.45) is 11.1. The first-order valence-corrected chi connectivity index (χ1v) is 9.93. The monoisotopic (exact) mass is 385 g/mol. The molecule has 1 fully saturated rings. The van der Waals surface area contributed by atoms with E-state index in [1.807, 2.05) is 30.6 Å². The lowest BCUT2D eigenvalue weighted by Crippen LogP contribution is -2.04. The van der Waals surface area contributed by atoms with Gasteiger partial charge in [-0.05, 0) is 53.6 Å². The maximum Gasteiger partial charge on any atom is 0.218 e. The van der Waals surface area contributed by atoms with E-state index in [9.17, 15) is 0 Å². The van der Waals surface area contributed by atoms with Crippen LogP contribution in [0.1, 0.15) is 41.0 Å². The van der Waals surface area contributed by atoms with Crippen molar-refractivity contribution >= 4 is 16.9 Å². The highest BCUT2D eigenvalue weighted by Crippen LogP contribution is 2.40. The highest BCUT2D eigenvalue weighted by atomic mass is 16.5. The number of hydrogen-bond acceptors (Lipinski definition) is 5. The molecule has 0 aromatic carbocycles. The van der Waals surface area contributed by atoms with Crippen molar-refractivity contribution in [1.82, 2.24) is 19.9 Å². The van der Waals surface area contributed by atoms with E-state index in [4.69, 9.17) is 4.74 Å². The van der Waals surface area contributed by atoms with Crippen LogP contribution in [0.15, 0.2) is 55.1 Å². The van der Waals surface area contributed by atoms with Crippen LogP contribution in [0.25, 0.3) is 11.0 Å². The quantitative estimate of drug-likeness (QED) is 0.492. The SMILES string of the molecule is COc1ncccc1CNc1ccc(Cc2c[nH]c3ncc(C4CC4)cc23)cn1. The summed E-state index contributed by atoms with van der Waals surface area (Å²) in [5.41, 5.74) is 5.76. The van der Waals surface area contributed by atoms with Crippen molar-refractivity contribution < 1.29 is 4.74 Å². The van der Waals surface area contributed by atoms with Gasteiger partial charge in [0.15, 0.2) is 0 Å². The summed E-state index contributed by atoms with van der Waals surface area (Å²) in [6.45, 7) is 0.613. The van der Waals surface area contributed by atoms with Gasteiger partial charge < -0.3 is 15.0 Å². The van der Waals surface area contributed by atoms with E-state index in [-0.39, 0.29) is 0 Å². The standard InChI is InChI=1S/C23H23N5O/c1-29-23-17(3-2-8-24-23)12-26-21-7-4-15(11-25-21)9-19-14-28-22-20(19)10-18(13-27-22)16-5-6-16/h2-4,7-8,10-11,13-14,16H,5-6,9,12H2,1H3,(H,25,26)(H,27,28). The topological polar surface area (TPSA) is 75.7 Å². The Morgan fingerprint density at radius 1 is 1.10 bits per heavy atom. The van der Waals surface area contributed by atoms with Gasteiger partial charge in [0.05, 0.1) is 7.11 Å². The maximum atomic E-state index is 5.29. The fourth-order valence-corrected chi connectivity index (χ4v) is 3.64. The molecular formula is C23H23N5O. The van der Waals surface area contributed by atoms with Crippen LogP contribution in [-0.2, 0) is 13.0 Å². The summed E-state index contributed by atoms with van der Waals surface area (Å²) < 4.78 is 5.29. The molecule has 6 nitrogen and oxygen atoms in total. The van der Waals surface area contributed by atoms with Gasteiger partial charge in [-0.25, -0.2) is 15.0 Å². The van der Waals surface area contributed by atoms with Crippen molar-refractivity contribution in [2.24, 2.45) is 0 Å². The minimum Gasteiger partial charge on any atom is -0.481 e. The Labute approximate surface area is 169 Å². The summed E-state index contributed by atoms with van der Waals surface area (Å²) in [5.74, 6) is 2.17. The van der Waals surface area contributed by atoms with E-state index in [1.54, 1.807) is 13.3 Å². The predicted molar refractivity (Wildman–Crippen MR) is 113 cm³/mol. The Balaban J connectivity index is 1.28. The molecule has 146 valence electrons. The molecule has 1 aliphatic rings. The van der Waals surface area contributed by atoms with Gasteiger partial charge in [-0.15, -0.1) is 0 Å². The third-order valence-corrected chi connectivity index (χ3v) is 5.41. The summed E-state index contributed by atoms with van der Waals surface area (Å²) in [7, 11) is 1.63. The average molecular weight is 385 g/mol. The number of nitrogens with one attached hydrogen (secondary N) is 2. The molecule has 29 heavy (non-hydrogen) atoms. The van der Waals surface area contributed by atoms with Crippen molar-refractivity contribution in [2.75, 3.05) is 12.4 Å². The van der Waals surface area contributed by atoms with Crippen molar-refractivity contribution in [1.29, 1.82) is 0 Å². The first-order chi connectivity index (χ1) is 14.3. The lowest BCUT2D eigenvalue weighted by molar-refractivity contribution is 0.393. The van der Waals surface area contributed by atoms with Crippen LogP contribution in [0.4, 0.5) is 5.82 Å². The number of ether oxygens (including phenoxy) is 1. The molecule has 0 saturated heterocycles. The Morgan fingerprint density at radius 2 is 2.03 bits per heavy atom. The zero-order chi connectivity index (χ0) is 19.6. The highest BCUT2D eigenvalue weighted by molar-refractivity contribution is 5.80. The van der Waals surface area contributed by atoms with Crippen LogP contribution in [0.3, 0.4) is 0 Å². The van der Waals surface area contributed by atoms with E-state index in [0.717, 1.165) is 23.4 Å². The van der Waals surface area contributed by atoms with Crippen molar-refractivity contribution in [3.8, 4) is 5.88 Å². The molecule has 5 rings (SSSR count). The third kappa shape index (κ3) is 3.78. The number of hydrogen-bond donors (Lipinski definition) is 2. The Hall–Kier alpha value is -3.41. The summed E-state index contributed by atoms with van der Waals surface area (Å²) in [5, 5.41) is 4.55. The number of rotatable bonds is 7. The molecule has 0 atom stereocenters. The lowest BCUT2D eigenvalue weighted by Gasteiger charge is -2.09. The van der Waals surface area contributed by atoms with Gasteiger partial charge in [-0.2, -0.15) is 0 Å². The second-order valence-corrected chi connectivity index (χ2v) is 7.51. The molecule has 0 bridgehead atoms.